The Morgan fingerprint density at radius 2 is 2.12 bits per heavy atom. The van der Waals surface area contributed by atoms with Gasteiger partial charge in [0, 0.05) is 30.9 Å². The number of rotatable bonds is 3. The normalized spacial score (nSPS) is 17.2. The summed E-state index contributed by atoms with van der Waals surface area (Å²) in [4.78, 5) is 30.7. The summed E-state index contributed by atoms with van der Waals surface area (Å²) in [6.07, 6.45) is 3.07. The molecular formula is C19H20FN3O2. The van der Waals surface area contributed by atoms with Crippen LogP contribution in [0.3, 0.4) is 0 Å². The topological polar surface area (TPSA) is 62.3 Å². The van der Waals surface area contributed by atoms with Crippen molar-refractivity contribution in [3.8, 4) is 0 Å². The van der Waals surface area contributed by atoms with Gasteiger partial charge in [0.1, 0.15) is 11.5 Å². The molecule has 2 aromatic rings. The minimum absolute atomic E-state index is 0.0419. The predicted octanol–water partition coefficient (Wildman–Crippen LogP) is 3.66. The number of anilines is 1. The molecule has 0 aliphatic carbocycles. The average Bonchev–Trinajstić information content (AvgIpc) is 2.61. The monoisotopic (exact) mass is 341 g/mol. The first-order valence-corrected chi connectivity index (χ1v) is 8.31. The third-order valence-electron chi connectivity index (χ3n) is 4.29. The number of carbonyl (C=O) groups is 2. The number of halogens is 1. The Hall–Kier alpha value is -2.76. The lowest BCUT2D eigenvalue weighted by molar-refractivity contribution is 0.0846. The smallest absolute Gasteiger partial charge is 0.321 e. The molecule has 0 radical (unpaired) electrons. The molecule has 1 atom stereocenters. The molecule has 0 saturated carbocycles. The van der Waals surface area contributed by atoms with E-state index in [4.69, 9.17) is 0 Å². The molecule has 1 saturated heterocycles. The fourth-order valence-electron chi connectivity index (χ4n) is 3.10. The Morgan fingerprint density at radius 3 is 2.84 bits per heavy atom. The van der Waals surface area contributed by atoms with Crippen LogP contribution in [0.4, 0.5) is 14.9 Å². The van der Waals surface area contributed by atoms with Crippen molar-refractivity contribution in [2.75, 3.05) is 18.4 Å². The lowest BCUT2D eigenvalue weighted by Crippen LogP contribution is -2.44. The van der Waals surface area contributed by atoms with Crippen molar-refractivity contribution in [3.63, 3.8) is 0 Å². The van der Waals surface area contributed by atoms with Gasteiger partial charge in [-0.05, 0) is 55.7 Å². The van der Waals surface area contributed by atoms with Crippen LogP contribution in [0.1, 0.15) is 28.9 Å². The van der Waals surface area contributed by atoms with Crippen molar-refractivity contribution in [2.24, 2.45) is 5.92 Å². The van der Waals surface area contributed by atoms with E-state index in [2.05, 4.69) is 10.3 Å². The molecule has 1 aromatic carbocycles. The molecule has 2 amide bonds. The number of nitrogens with one attached hydrogen (secondary N) is 1. The molecular weight excluding hydrogens is 321 g/mol. The highest BCUT2D eigenvalue weighted by Crippen LogP contribution is 2.21. The van der Waals surface area contributed by atoms with E-state index in [1.807, 2.05) is 0 Å². The highest BCUT2D eigenvalue weighted by atomic mass is 19.1. The average molecular weight is 341 g/mol. The maximum atomic E-state index is 13.5. The Balaban J connectivity index is 1.66. The van der Waals surface area contributed by atoms with Gasteiger partial charge >= 0.3 is 6.03 Å². The van der Waals surface area contributed by atoms with Crippen molar-refractivity contribution < 1.29 is 14.0 Å². The molecule has 1 aromatic heterocycles. The van der Waals surface area contributed by atoms with Crippen LogP contribution < -0.4 is 5.32 Å². The maximum Gasteiger partial charge on any atom is 0.321 e. The number of ketones is 1. The zero-order chi connectivity index (χ0) is 17.8. The molecule has 130 valence electrons. The van der Waals surface area contributed by atoms with Gasteiger partial charge in [-0.1, -0.05) is 6.07 Å². The van der Waals surface area contributed by atoms with E-state index < -0.39 is 5.82 Å². The van der Waals surface area contributed by atoms with Gasteiger partial charge < -0.3 is 10.2 Å². The van der Waals surface area contributed by atoms with Gasteiger partial charge in [0.2, 0.25) is 0 Å². The summed E-state index contributed by atoms with van der Waals surface area (Å²) in [6, 6.07) is 9.31. The summed E-state index contributed by atoms with van der Waals surface area (Å²) in [6.45, 7) is 2.68. The summed E-state index contributed by atoms with van der Waals surface area (Å²) >= 11 is 0. The van der Waals surface area contributed by atoms with Crippen LogP contribution in [-0.2, 0) is 0 Å². The van der Waals surface area contributed by atoms with Gasteiger partial charge in [0.05, 0.1) is 0 Å². The van der Waals surface area contributed by atoms with Gasteiger partial charge in [0.15, 0.2) is 5.78 Å². The Labute approximate surface area is 145 Å². The summed E-state index contributed by atoms with van der Waals surface area (Å²) in [5, 5.41) is 2.71. The Bertz CT molecular complexity index is 759. The second-order valence-electron chi connectivity index (χ2n) is 6.31. The van der Waals surface area contributed by atoms with Crippen LogP contribution in [0.25, 0.3) is 0 Å². The predicted molar refractivity (Wildman–Crippen MR) is 93.0 cm³/mol. The Morgan fingerprint density at radius 1 is 1.28 bits per heavy atom. The van der Waals surface area contributed by atoms with E-state index in [0.717, 1.165) is 18.4 Å². The highest BCUT2D eigenvalue weighted by molar-refractivity contribution is 5.97. The summed E-state index contributed by atoms with van der Waals surface area (Å²) in [5.41, 5.74) is 1.58. The summed E-state index contributed by atoms with van der Waals surface area (Å²) in [5.74, 6) is -0.694. The number of carbonyl (C=O) groups excluding carboxylic acids is 2. The molecule has 1 N–H and O–H groups in total. The molecule has 1 unspecified atom stereocenters. The van der Waals surface area contributed by atoms with Gasteiger partial charge in [-0.2, -0.15) is 0 Å². The van der Waals surface area contributed by atoms with E-state index in [9.17, 15) is 14.0 Å². The van der Waals surface area contributed by atoms with Crippen LogP contribution in [0.5, 0.6) is 0 Å². The minimum Gasteiger partial charge on any atom is -0.324 e. The molecule has 3 rings (SSSR count). The van der Waals surface area contributed by atoms with Gasteiger partial charge in [0.25, 0.3) is 0 Å². The number of urea groups is 1. The minimum atomic E-state index is -0.392. The summed E-state index contributed by atoms with van der Waals surface area (Å²) < 4.78 is 13.5. The zero-order valence-corrected chi connectivity index (χ0v) is 14.0. The van der Waals surface area contributed by atoms with Crippen molar-refractivity contribution in [1.29, 1.82) is 0 Å². The molecule has 5 nitrogen and oxygen atoms in total. The van der Waals surface area contributed by atoms with E-state index >= 15 is 0 Å². The molecule has 0 spiro atoms. The molecule has 1 aliphatic rings. The molecule has 6 heteroatoms. The third kappa shape index (κ3) is 4.21. The fraction of sp³-hybridized carbons (Fsp3) is 0.316. The van der Waals surface area contributed by atoms with Crippen LogP contribution in [-0.4, -0.2) is 34.8 Å². The SMILES string of the molecule is Cc1cc(F)cc(NC(=O)N2CCCC(C(=O)c3ccccn3)C2)c1. The van der Waals surface area contributed by atoms with Crippen molar-refractivity contribution in [1.82, 2.24) is 9.88 Å². The van der Waals surface area contributed by atoms with Gasteiger partial charge in [-0.25, -0.2) is 9.18 Å². The lowest BCUT2D eigenvalue weighted by Gasteiger charge is -2.32. The number of hydrogen-bond donors (Lipinski definition) is 1. The largest absolute Gasteiger partial charge is 0.324 e. The quantitative estimate of drug-likeness (QED) is 0.867. The van der Waals surface area contributed by atoms with Gasteiger partial charge in [-0.15, -0.1) is 0 Å². The second-order valence-corrected chi connectivity index (χ2v) is 6.31. The molecule has 1 fully saturated rings. The number of aromatic nitrogens is 1. The number of benzene rings is 1. The fourth-order valence-corrected chi connectivity index (χ4v) is 3.10. The highest BCUT2D eigenvalue weighted by Gasteiger charge is 2.29. The molecule has 2 heterocycles. The maximum absolute atomic E-state index is 13.5. The van der Waals surface area contributed by atoms with E-state index in [0.29, 0.717) is 24.5 Å². The summed E-state index contributed by atoms with van der Waals surface area (Å²) in [7, 11) is 0. The van der Waals surface area contributed by atoms with Crippen molar-refractivity contribution in [2.45, 2.75) is 19.8 Å². The van der Waals surface area contributed by atoms with Crippen LogP contribution >= 0.6 is 0 Å². The van der Waals surface area contributed by atoms with Crippen LogP contribution in [0.15, 0.2) is 42.6 Å². The standard InChI is InChI=1S/C19H20FN3O2/c1-13-9-15(20)11-16(10-13)22-19(25)23-8-4-5-14(12-23)18(24)17-6-2-3-7-21-17/h2-3,6-7,9-11,14H,4-5,8,12H2,1H3,(H,22,25). The van der Waals surface area contributed by atoms with Crippen LogP contribution in [0.2, 0.25) is 0 Å². The number of hydrogen-bond acceptors (Lipinski definition) is 3. The van der Waals surface area contributed by atoms with E-state index in [-0.39, 0.29) is 17.7 Å². The second kappa shape index (κ2) is 7.42. The lowest BCUT2D eigenvalue weighted by atomic mass is 9.92. The number of likely N-dealkylation sites (tertiary alicyclic amines) is 1. The first kappa shape index (κ1) is 17.1. The van der Waals surface area contributed by atoms with E-state index in [1.54, 1.807) is 42.3 Å². The number of nitrogens with zero attached hydrogens (tertiary/aromatic N) is 2. The van der Waals surface area contributed by atoms with Crippen molar-refractivity contribution >= 4 is 17.5 Å². The Kier molecular flexibility index (Phi) is 5.07. The number of amides is 2. The number of aryl methyl sites for hydroxylation is 1. The van der Waals surface area contributed by atoms with Gasteiger partial charge in [-0.3, -0.25) is 9.78 Å². The first-order valence-electron chi connectivity index (χ1n) is 8.31. The van der Waals surface area contributed by atoms with Crippen LogP contribution in [0, 0.1) is 18.7 Å². The van der Waals surface area contributed by atoms with E-state index in [1.165, 1.54) is 12.1 Å². The number of Topliss-reactive ketones (excluding diaryl/α,β-unsaturated/α-hetero) is 1. The van der Waals surface area contributed by atoms with Crippen molar-refractivity contribution in [3.05, 3.63) is 59.7 Å². The zero-order valence-electron chi connectivity index (χ0n) is 14.0. The molecule has 0 bridgehead atoms. The first-order chi connectivity index (χ1) is 12.0. The molecule has 1 aliphatic heterocycles. The number of pyridine rings is 1. The molecule has 25 heavy (non-hydrogen) atoms. The number of piperidine rings is 1. The third-order valence-corrected chi connectivity index (χ3v) is 4.29.